The van der Waals surface area contributed by atoms with Gasteiger partial charge in [0.1, 0.15) is 0 Å². The maximum Gasteiger partial charge on any atom is 0.435 e. The van der Waals surface area contributed by atoms with E-state index < -0.39 is 11.9 Å². The van der Waals surface area contributed by atoms with Gasteiger partial charge < -0.3 is 5.32 Å². The molecule has 0 aliphatic carbocycles. The molecule has 0 radical (unpaired) electrons. The van der Waals surface area contributed by atoms with Crippen molar-refractivity contribution in [3.05, 3.63) is 53.3 Å². The largest absolute Gasteiger partial charge is 0.435 e. The predicted molar refractivity (Wildman–Crippen MR) is 70.2 cm³/mol. The number of nitrogens with one attached hydrogen (secondary N) is 1. The minimum atomic E-state index is -4.40. The van der Waals surface area contributed by atoms with E-state index in [1.165, 1.54) is 10.9 Å². The van der Waals surface area contributed by atoms with Crippen LogP contribution in [0.5, 0.6) is 0 Å². The summed E-state index contributed by atoms with van der Waals surface area (Å²) in [6, 6.07) is 8.69. The highest BCUT2D eigenvalue weighted by Gasteiger charge is 2.33. The van der Waals surface area contributed by atoms with Crippen LogP contribution in [0.4, 0.5) is 13.2 Å². The SMILES string of the molecule is CNC(Cn1ccc(C(F)(F)F)n1)c1ccccc1C. The molecule has 2 rings (SSSR count). The summed E-state index contributed by atoms with van der Waals surface area (Å²) in [6.07, 6.45) is -3.05. The standard InChI is InChI=1S/C14H16F3N3/c1-10-5-3-4-6-11(10)12(18-2)9-20-8-7-13(19-20)14(15,16)17/h3-8,12,18H,9H2,1-2H3. The van der Waals surface area contributed by atoms with Gasteiger partial charge in [-0.1, -0.05) is 24.3 Å². The van der Waals surface area contributed by atoms with Gasteiger partial charge in [0.25, 0.3) is 0 Å². The topological polar surface area (TPSA) is 29.9 Å². The number of halogens is 3. The summed E-state index contributed by atoms with van der Waals surface area (Å²) in [7, 11) is 1.78. The molecule has 1 atom stereocenters. The van der Waals surface area contributed by atoms with Gasteiger partial charge in [0, 0.05) is 6.20 Å². The summed E-state index contributed by atoms with van der Waals surface area (Å²) < 4.78 is 38.9. The van der Waals surface area contributed by atoms with Crippen LogP contribution in [0.25, 0.3) is 0 Å². The van der Waals surface area contributed by atoms with Crippen molar-refractivity contribution in [2.24, 2.45) is 0 Å². The number of hydrogen-bond acceptors (Lipinski definition) is 2. The second-order valence-corrected chi connectivity index (χ2v) is 4.62. The van der Waals surface area contributed by atoms with Crippen molar-refractivity contribution in [3.8, 4) is 0 Å². The van der Waals surface area contributed by atoms with E-state index in [1.54, 1.807) is 7.05 Å². The van der Waals surface area contributed by atoms with Crippen LogP contribution < -0.4 is 5.32 Å². The number of rotatable bonds is 4. The van der Waals surface area contributed by atoms with Crippen LogP contribution in [0.2, 0.25) is 0 Å². The van der Waals surface area contributed by atoms with Crippen LogP contribution in [-0.2, 0) is 12.7 Å². The van der Waals surface area contributed by atoms with Gasteiger partial charge in [-0.3, -0.25) is 4.68 Å². The highest BCUT2D eigenvalue weighted by molar-refractivity contribution is 5.28. The zero-order valence-corrected chi connectivity index (χ0v) is 11.3. The Morgan fingerprint density at radius 1 is 1.25 bits per heavy atom. The minimum Gasteiger partial charge on any atom is -0.311 e. The minimum absolute atomic E-state index is 0.0859. The molecule has 0 fully saturated rings. The maximum absolute atomic E-state index is 12.5. The van der Waals surface area contributed by atoms with Crippen molar-refractivity contribution in [2.45, 2.75) is 25.7 Å². The van der Waals surface area contributed by atoms with Crippen molar-refractivity contribution in [1.82, 2.24) is 15.1 Å². The average molecular weight is 283 g/mol. The van der Waals surface area contributed by atoms with Crippen LogP contribution in [-0.4, -0.2) is 16.8 Å². The number of likely N-dealkylation sites (N-methyl/N-ethyl adjacent to an activating group) is 1. The molecule has 0 saturated heterocycles. The van der Waals surface area contributed by atoms with E-state index in [9.17, 15) is 13.2 Å². The summed E-state index contributed by atoms with van der Waals surface area (Å²) >= 11 is 0. The van der Waals surface area contributed by atoms with Crippen molar-refractivity contribution < 1.29 is 13.2 Å². The van der Waals surface area contributed by atoms with Gasteiger partial charge >= 0.3 is 6.18 Å². The molecule has 0 aliphatic rings. The molecule has 6 heteroatoms. The van der Waals surface area contributed by atoms with Gasteiger partial charge in [0.2, 0.25) is 0 Å². The number of alkyl halides is 3. The summed E-state index contributed by atoms with van der Waals surface area (Å²) in [5, 5.41) is 6.69. The van der Waals surface area contributed by atoms with Crippen LogP contribution in [0, 0.1) is 6.92 Å². The van der Waals surface area contributed by atoms with E-state index in [1.807, 2.05) is 31.2 Å². The number of aryl methyl sites for hydroxylation is 1. The quantitative estimate of drug-likeness (QED) is 0.934. The summed E-state index contributed by atoms with van der Waals surface area (Å²) in [4.78, 5) is 0. The Morgan fingerprint density at radius 2 is 1.95 bits per heavy atom. The maximum atomic E-state index is 12.5. The molecule has 108 valence electrons. The van der Waals surface area contributed by atoms with Crippen LogP contribution in [0.15, 0.2) is 36.5 Å². The first-order valence-electron chi connectivity index (χ1n) is 6.25. The molecule has 20 heavy (non-hydrogen) atoms. The zero-order valence-electron chi connectivity index (χ0n) is 11.3. The third-order valence-electron chi connectivity index (χ3n) is 3.21. The monoisotopic (exact) mass is 283 g/mol. The molecule has 1 aromatic carbocycles. The van der Waals surface area contributed by atoms with Gasteiger partial charge in [-0.05, 0) is 31.2 Å². The molecule has 0 amide bonds. The highest BCUT2D eigenvalue weighted by atomic mass is 19.4. The number of benzene rings is 1. The fourth-order valence-electron chi connectivity index (χ4n) is 2.12. The summed E-state index contributed by atoms with van der Waals surface area (Å²) in [6.45, 7) is 2.32. The lowest BCUT2D eigenvalue weighted by molar-refractivity contribution is -0.141. The fraction of sp³-hybridized carbons (Fsp3) is 0.357. The van der Waals surface area contributed by atoms with E-state index >= 15 is 0 Å². The predicted octanol–water partition coefficient (Wildman–Crippen LogP) is 3.17. The normalized spacial score (nSPS) is 13.4. The van der Waals surface area contributed by atoms with Crippen LogP contribution in [0.1, 0.15) is 22.9 Å². The van der Waals surface area contributed by atoms with E-state index in [2.05, 4.69) is 10.4 Å². The fourth-order valence-corrected chi connectivity index (χ4v) is 2.12. The first-order chi connectivity index (χ1) is 9.41. The molecular formula is C14H16F3N3. The molecule has 0 aliphatic heterocycles. The van der Waals surface area contributed by atoms with E-state index in [0.717, 1.165) is 17.2 Å². The molecule has 1 N–H and O–H groups in total. The number of hydrogen-bond donors (Lipinski definition) is 1. The Morgan fingerprint density at radius 3 is 2.50 bits per heavy atom. The molecule has 0 bridgehead atoms. The Kier molecular flexibility index (Phi) is 4.13. The molecule has 0 spiro atoms. The smallest absolute Gasteiger partial charge is 0.311 e. The van der Waals surface area contributed by atoms with Crippen LogP contribution >= 0.6 is 0 Å². The van der Waals surface area contributed by atoms with Crippen molar-refractivity contribution in [2.75, 3.05) is 7.05 Å². The van der Waals surface area contributed by atoms with Crippen molar-refractivity contribution in [1.29, 1.82) is 0 Å². The van der Waals surface area contributed by atoms with Crippen LogP contribution in [0.3, 0.4) is 0 Å². The molecule has 1 aromatic heterocycles. The van der Waals surface area contributed by atoms with Gasteiger partial charge in [0.05, 0.1) is 12.6 Å². The van der Waals surface area contributed by atoms with E-state index in [0.29, 0.717) is 6.54 Å². The van der Waals surface area contributed by atoms with E-state index in [-0.39, 0.29) is 6.04 Å². The lowest BCUT2D eigenvalue weighted by Crippen LogP contribution is -2.23. The Bertz CT molecular complexity index is 575. The molecule has 1 heterocycles. The first-order valence-corrected chi connectivity index (χ1v) is 6.25. The molecule has 0 saturated carbocycles. The second-order valence-electron chi connectivity index (χ2n) is 4.62. The number of aromatic nitrogens is 2. The molecular weight excluding hydrogens is 267 g/mol. The first kappa shape index (κ1) is 14.6. The number of nitrogens with zero attached hydrogens (tertiary/aromatic N) is 2. The summed E-state index contributed by atoms with van der Waals surface area (Å²) in [5.41, 5.74) is 1.28. The molecule has 2 aromatic rings. The molecule has 3 nitrogen and oxygen atoms in total. The lowest BCUT2D eigenvalue weighted by Gasteiger charge is -2.18. The molecule has 1 unspecified atom stereocenters. The van der Waals surface area contributed by atoms with Gasteiger partial charge in [-0.15, -0.1) is 0 Å². The average Bonchev–Trinajstić information content (AvgIpc) is 2.85. The second kappa shape index (κ2) is 5.66. The Hall–Kier alpha value is -1.82. The Balaban J connectivity index is 2.19. The van der Waals surface area contributed by atoms with Gasteiger partial charge in [-0.25, -0.2) is 0 Å². The third kappa shape index (κ3) is 3.19. The van der Waals surface area contributed by atoms with Gasteiger partial charge in [-0.2, -0.15) is 18.3 Å². The van der Waals surface area contributed by atoms with Crippen molar-refractivity contribution in [3.63, 3.8) is 0 Å². The van der Waals surface area contributed by atoms with Gasteiger partial charge in [0.15, 0.2) is 5.69 Å². The highest BCUT2D eigenvalue weighted by Crippen LogP contribution is 2.27. The Labute approximate surface area is 115 Å². The summed E-state index contributed by atoms with van der Waals surface area (Å²) in [5.74, 6) is 0. The zero-order chi connectivity index (χ0) is 14.8. The van der Waals surface area contributed by atoms with Crippen molar-refractivity contribution >= 4 is 0 Å². The third-order valence-corrected chi connectivity index (χ3v) is 3.21. The lowest BCUT2D eigenvalue weighted by atomic mass is 10.0. The van der Waals surface area contributed by atoms with E-state index in [4.69, 9.17) is 0 Å².